The summed E-state index contributed by atoms with van der Waals surface area (Å²) in [4.78, 5) is 35.6. The Bertz CT molecular complexity index is 772. The van der Waals surface area contributed by atoms with Crippen molar-refractivity contribution in [2.75, 3.05) is 0 Å². The topological polar surface area (TPSA) is 95.5 Å². The molecular formula is C20H22N2O4. The minimum atomic E-state index is -1.11. The average molecular weight is 354 g/mol. The summed E-state index contributed by atoms with van der Waals surface area (Å²) in [5, 5.41) is 14.2. The third-order valence-corrected chi connectivity index (χ3v) is 3.96. The van der Waals surface area contributed by atoms with E-state index in [9.17, 15) is 14.4 Å². The summed E-state index contributed by atoms with van der Waals surface area (Å²) in [5.41, 5.74) is 2.31. The van der Waals surface area contributed by atoms with E-state index in [0.29, 0.717) is 5.56 Å². The summed E-state index contributed by atoms with van der Waals surface area (Å²) in [5.74, 6) is -1.85. The first-order chi connectivity index (χ1) is 12.4. The maximum atomic E-state index is 12.5. The zero-order chi connectivity index (χ0) is 19.1. The molecule has 0 saturated heterocycles. The van der Waals surface area contributed by atoms with E-state index in [1.165, 1.54) is 6.92 Å². The molecule has 2 aromatic carbocycles. The van der Waals surface area contributed by atoms with Crippen LogP contribution in [-0.4, -0.2) is 28.9 Å². The molecular weight excluding hydrogens is 332 g/mol. The Hall–Kier alpha value is -3.15. The molecule has 3 N–H and O–H groups in total. The SMILES string of the molecule is Cc1ccc(C(=O)NC(CC(=O)N[C@@H](C)C(=O)O)c2ccccc2)cc1. The second-order valence-electron chi connectivity index (χ2n) is 6.13. The Labute approximate surface area is 152 Å². The van der Waals surface area contributed by atoms with Crippen LogP contribution in [-0.2, 0) is 9.59 Å². The van der Waals surface area contributed by atoms with Crippen LogP contribution >= 0.6 is 0 Å². The highest BCUT2D eigenvalue weighted by Gasteiger charge is 2.21. The molecule has 0 aliphatic carbocycles. The van der Waals surface area contributed by atoms with Gasteiger partial charge in [-0.05, 0) is 31.5 Å². The van der Waals surface area contributed by atoms with Crippen LogP contribution in [0.5, 0.6) is 0 Å². The van der Waals surface area contributed by atoms with Gasteiger partial charge < -0.3 is 15.7 Å². The fourth-order valence-electron chi connectivity index (χ4n) is 2.43. The molecule has 26 heavy (non-hydrogen) atoms. The van der Waals surface area contributed by atoms with Gasteiger partial charge >= 0.3 is 5.97 Å². The molecule has 2 rings (SSSR count). The summed E-state index contributed by atoms with van der Waals surface area (Å²) in [7, 11) is 0. The monoisotopic (exact) mass is 354 g/mol. The standard InChI is InChI=1S/C20H22N2O4/c1-13-8-10-16(11-9-13)19(24)22-17(15-6-4-3-5-7-15)12-18(23)21-14(2)20(25)26/h3-11,14,17H,12H2,1-2H3,(H,21,23)(H,22,24)(H,25,26)/t14-,17?/m0/s1. The summed E-state index contributed by atoms with van der Waals surface area (Å²) in [6.45, 7) is 3.32. The lowest BCUT2D eigenvalue weighted by Gasteiger charge is -2.20. The van der Waals surface area contributed by atoms with Gasteiger partial charge in [0, 0.05) is 5.56 Å². The van der Waals surface area contributed by atoms with E-state index in [1.807, 2.05) is 49.4 Å². The summed E-state index contributed by atoms with van der Waals surface area (Å²) in [6, 6.07) is 14.7. The molecule has 2 atom stereocenters. The normalized spacial score (nSPS) is 12.7. The van der Waals surface area contributed by atoms with Gasteiger partial charge in [-0.3, -0.25) is 14.4 Å². The van der Waals surface area contributed by atoms with Crippen molar-refractivity contribution >= 4 is 17.8 Å². The van der Waals surface area contributed by atoms with Gasteiger partial charge in [0.25, 0.3) is 5.91 Å². The van der Waals surface area contributed by atoms with Crippen molar-refractivity contribution in [1.29, 1.82) is 0 Å². The lowest BCUT2D eigenvalue weighted by atomic mass is 10.0. The van der Waals surface area contributed by atoms with Crippen molar-refractivity contribution in [1.82, 2.24) is 10.6 Å². The molecule has 0 heterocycles. The number of carbonyl (C=O) groups is 3. The largest absolute Gasteiger partial charge is 0.480 e. The molecule has 0 fully saturated rings. The second-order valence-corrected chi connectivity index (χ2v) is 6.13. The Balaban J connectivity index is 2.14. The number of carboxylic acid groups (broad SMARTS) is 1. The second kappa shape index (κ2) is 8.80. The molecule has 136 valence electrons. The predicted molar refractivity (Wildman–Crippen MR) is 97.7 cm³/mol. The molecule has 0 aliphatic rings. The first-order valence-corrected chi connectivity index (χ1v) is 8.31. The van der Waals surface area contributed by atoms with Gasteiger partial charge in [0.1, 0.15) is 6.04 Å². The Kier molecular flexibility index (Phi) is 6.49. The minimum Gasteiger partial charge on any atom is -0.480 e. The zero-order valence-electron chi connectivity index (χ0n) is 14.7. The molecule has 2 amide bonds. The Morgan fingerprint density at radius 1 is 0.962 bits per heavy atom. The number of hydrogen-bond donors (Lipinski definition) is 3. The number of hydrogen-bond acceptors (Lipinski definition) is 3. The quantitative estimate of drug-likeness (QED) is 0.712. The van der Waals surface area contributed by atoms with E-state index in [4.69, 9.17) is 5.11 Å². The number of aryl methyl sites for hydroxylation is 1. The van der Waals surface area contributed by atoms with Gasteiger partial charge in [-0.2, -0.15) is 0 Å². The first kappa shape index (κ1) is 19.2. The molecule has 1 unspecified atom stereocenters. The zero-order valence-corrected chi connectivity index (χ0v) is 14.7. The van der Waals surface area contributed by atoms with E-state index in [-0.39, 0.29) is 12.3 Å². The molecule has 0 spiro atoms. The predicted octanol–water partition coefficient (Wildman–Crippen LogP) is 2.45. The van der Waals surface area contributed by atoms with Crippen molar-refractivity contribution in [3.05, 3.63) is 71.3 Å². The number of carbonyl (C=O) groups excluding carboxylic acids is 2. The number of aliphatic carboxylic acids is 1. The van der Waals surface area contributed by atoms with Gasteiger partial charge in [0.2, 0.25) is 5.91 Å². The van der Waals surface area contributed by atoms with Gasteiger partial charge in [-0.1, -0.05) is 48.0 Å². The van der Waals surface area contributed by atoms with E-state index in [2.05, 4.69) is 10.6 Å². The van der Waals surface area contributed by atoms with Crippen LogP contribution in [0.15, 0.2) is 54.6 Å². The first-order valence-electron chi connectivity index (χ1n) is 8.31. The van der Waals surface area contributed by atoms with Gasteiger partial charge in [0.05, 0.1) is 12.5 Å². The number of rotatable bonds is 7. The van der Waals surface area contributed by atoms with E-state index >= 15 is 0 Å². The van der Waals surface area contributed by atoms with Crippen molar-refractivity contribution in [3.63, 3.8) is 0 Å². The number of nitrogens with one attached hydrogen (secondary N) is 2. The van der Waals surface area contributed by atoms with Crippen LogP contribution in [0, 0.1) is 6.92 Å². The maximum Gasteiger partial charge on any atom is 0.325 e. The summed E-state index contributed by atoms with van der Waals surface area (Å²) >= 11 is 0. The summed E-state index contributed by atoms with van der Waals surface area (Å²) < 4.78 is 0. The smallest absolute Gasteiger partial charge is 0.325 e. The molecule has 6 heteroatoms. The van der Waals surface area contributed by atoms with Crippen LogP contribution in [0.2, 0.25) is 0 Å². The van der Waals surface area contributed by atoms with Crippen LogP contribution in [0.1, 0.15) is 40.9 Å². The Morgan fingerprint density at radius 3 is 2.15 bits per heavy atom. The lowest BCUT2D eigenvalue weighted by Crippen LogP contribution is -2.40. The van der Waals surface area contributed by atoms with Crippen molar-refractivity contribution in [2.45, 2.75) is 32.4 Å². The van der Waals surface area contributed by atoms with Gasteiger partial charge in [-0.25, -0.2) is 0 Å². The van der Waals surface area contributed by atoms with Crippen LogP contribution in [0.25, 0.3) is 0 Å². The Morgan fingerprint density at radius 2 is 1.58 bits per heavy atom. The third-order valence-electron chi connectivity index (χ3n) is 3.96. The van der Waals surface area contributed by atoms with Crippen molar-refractivity contribution in [2.24, 2.45) is 0 Å². The van der Waals surface area contributed by atoms with Crippen molar-refractivity contribution < 1.29 is 19.5 Å². The fraction of sp³-hybridized carbons (Fsp3) is 0.250. The number of carboxylic acids is 1. The van der Waals surface area contributed by atoms with E-state index in [1.54, 1.807) is 12.1 Å². The van der Waals surface area contributed by atoms with Gasteiger partial charge in [0.15, 0.2) is 0 Å². The fourth-order valence-corrected chi connectivity index (χ4v) is 2.43. The molecule has 6 nitrogen and oxygen atoms in total. The van der Waals surface area contributed by atoms with E-state index in [0.717, 1.165) is 11.1 Å². The highest BCUT2D eigenvalue weighted by atomic mass is 16.4. The van der Waals surface area contributed by atoms with E-state index < -0.39 is 24.0 Å². The number of amides is 2. The average Bonchev–Trinajstić information content (AvgIpc) is 2.62. The summed E-state index contributed by atoms with van der Waals surface area (Å²) in [6.07, 6.45) is -0.0563. The molecule has 2 aromatic rings. The molecule has 0 aliphatic heterocycles. The van der Waals surface area contributed by atoms with Crippen LogP contribution in [0.3, 0.4) is 0 Å². The molecule has 0 aromatic heterocycles. The highest BCUT2D eigenvalue weighted by Crippen LogP contribution is 2.18. The maximum absolute atomic E-state index is 12.5. The van der Waals surface area contributed by atoms with Crippen LogP contribution in [0.4, 0.5) is 0 Å². The third kappa shape index (κ3) is 5.44. The molecule has 0 saturated carbocycles. The molecule has 0 radical (unpaired) electrons. The van der Waals surface area contributed by atoms with Gasteiger partial charge in [-0.15, -0.1) is 0 Å². The highest BCUT2D eigenvalue weighted by molar-refractivity contribution is 5.95. The van der Waals surface area contributed by atoms with Crippen molar-refractivity contribution in [3.8, 4) is 0 Å². The number of benzene rings is 2. The lowest BCUT2D eigenvalue weighted by molar-refractivity contribution is -0.141. The molecule has 0 bridgehead atoms. The minimum absolute atomic E-state index is 0.0563. The van der Waals surface area contributed by atoms with Crippen LogP contribution < -0.4 is 10.6 Å².